The average Bonchev–Trinajstić information content (AvgIpc) is 2.81. The Bertz CT molecular complexity index is 629. The van der Waals surface area contributed by atoms with E-state index in [1.54, 1.807) is 5.56 Å². The molecule has 0 heterocycles. The van der Waals surface area contributed by atoms with Crippen molar-refractivity contribution in [2.75, 3.05) is 0 Å². The molecule has 0 spiro atoms. The van der Waals surface area contributed by atoms with E-state index in [4.69, 9.17) is 4.74 Å². The highest BCUT2D eigenvalue weighted by Crippen LogP contribution is 2.60. The molecule has 2 nitrogen and oxygen atoms in total. The smallest absolute Gasteiger partial charge is 0.120 e. The van der Waals surface area contributed by atoms with Crippen LogP contribution in [0.15, 0.2) is 18.2 Å². The lowest BCUT2D eigenvalue weighted by molar-refractivity contribution is -0.0226. The second-order valence-corrected chi connectivity index (χ2v) is 9.63. The van der Waals surface area contributed by atoms with Gasteiger partial charge in [-0.25, -0.2) is 0 Å². The van der Waals surface area contributed by atoms with E-state index in [-0.39, 0.29) is 17.1 Å². The van der Waals surface area contributed by atoms with Crippen LogP contribution in [-0.4, -0.2) is 16.8 Å². The van der Waals surface area contributed by atoms with Gasteiger partial charge in [0.05, 0.1) is 6.10 Å². The maximum atomic E-state index is 10.5. The van der Waals surface area contributed by atoms with Crippen molar-refractivity contribution in [2.24, 2.45) is 17.3 Å². The molecule has 1 aromatic rings. The van der Waals surface area contributed by atoms with Gasteiger partial charge in [0.2, 0.25) is 0 Å². The van der Waals surface area contributed by atoms with Gasteiger partial charge in [-0.2, -0.15) is 0 Å². The Morgan fingerprint density at radius 1 is 1.12 bits per heavy atom. The monoisotopic (exact) mass is 328 g/mol. The molecule has 0 bridgehead atoms. The molecular formula is C22H32O2. The van der Waals surface area contributed by atoms with Crippen LogP contribution in [0.25, 0.3) is 0 Å². The highest BCUT2D eigenvalue weighted by atomic mass is 16.5. The van der Waals surface area contributed by atoms with Crippen LogP contribution in [0.4, 0.5) is 0 Å². The van der Waals surface area contributed by atoms with Crippen LogP contribution in [0, 0.1) is 17.3 Å². The Kier molecular flexibility index (Phi) is 3.76. The Labute approximate surface area is 146 Å². The van der Waals surface area contributed by atoms with E-state index in [2.05, 4.69) is 45.9 Å². The molecule has 1 aromatic carbocycles. The van der Waals surface area contributed by atoms with Gasteiger partial charge in [-0.05, 0) is 106 Å². The molecule has 3 aliphatic carbocycles. The van der Waals surface area contributed by atoms with E-state index in [0.29, 0.717) is 11.8 Å². The standard InChI is InChI=1S/C22H32O2/c1-21(2,3)24-15-6-8-16-14(13-15)5-7-18-17(16)11-12-22(4)19(18)9-10-20(22)23/h6,8,13,17-20,23H,5,7,9-12H2,1-4H3/t17-,18-,19+,20+,22+/m1/s1. The minimum atomic E-state index is -0.141. The van der Waals surface area contributed by atoms with E-state index >= 15 is 0 Å². The lowest BCUT2D eigenvalue weighted by Gasteiger charge is -2.50. The number of rotatable bonds is 1. The number of hydrogen-bond donors (Lipinski definition) is 1. The van der Waals surface area contributed by atoms with E-state index in [1.807, 2.05) is 0 Å². The van der Waals surface area contributed by atoms with Gasteiger partial charge in [0.1, 0.15) is 11.4 Å². The third-order valence-electron chi connectivity index (χ3n) is 7.07. The molecule has 1 N–H and O–H groups in total. The zero-order chi connectivity index (χ0) is 17.1. The largest absolute Gasteiger partial charge is 0.488 e. The average molecular weight is 328 g/mol. The van der Waals surface area contributed by atoms with Gasteiger partial charge in [-0.15, -0.1) is 0 Å². The van der Waals surface area contributed by atoms with Gasteiger partial charge in [-0.3, -0.25) is 0 Å². The molecule has 0 radical (unpaired) electrons. The van der Waals surface area contributed by atoms with Crippen LogP contribution in [0.5, 0.6) is 5.75 Å². The van der Waals surface area contributed by atoms with Crippen molar-refractivity contribution in [3.05, 3.63) is 29.3 Å². The first-order valence-electron chi connectivity index (χ1n) is 9.78. The summed E-state index contributed by atoms with van der Waals surface area (Å²) in [5.74, 6) is 3.19. The minimum Gasteiger partial charge on any atom is -0.488 e. The molecule has 4 rings (SSSR count). The molecule has 24 heavy (non-hydrogen) atoms. The molecule has 0 aliphatic heterocycles. The quantitative estimate of drug-likeness (QED) is 0.779. The SMILES string of the molecule is CC(C)(C)Oc1ccc2c(c1)CC[C@@H]1[C@@H]2CC[C@]2(C)[C@@H](O)CC[C@@H]12. The summed E-state index contributed by atoms with van der Waals surface area (Å²) in [6, 6.07) is 6.79. The molecule has 2 heteroatoms. The second kappa shape index (κ2) is 5.49. The number of fused-ring (bicyclic) bond motifs is 5. The van der Waals surface area contributed by atoms with Crippen molar-refractivity contribution < 1.29 is 9.84 Å². The maximum absolute atomic E-state index is 10.5. The van der Waals surface area contributed by atoms with Crippen molar-refractivity contribution in [1.29, 1.82) is 0 Å². The van der Waals surface area contributed by atoms with E-state index in [1.165, 1.54) is 37.7 Å². The van der Waals surface area contributed by atoms with Gasteiger partial charge >= 0.3 is 0 Å². The summed E-state index contributed by atoms with van der Waals surface area (Å²) in [4.78, 5) is 0. The van der Waals surface area contributed by atoms with Crippen molar-refractivity contribution in [3.63, 3.8) is 0 Å². The van der Waals surface area contributed by atoms with Crippen LogP contribution < -0.4 is 4.74 Å². The third kappa shape index (κ3) is 2.58. The lowest BCUT2D eigenvalue weighted by atomic mass is 9.55. The minimum absolute atomic E-state index is 0.0765. The highest BCUT2D eigenvalue weighted by molar-refractivity contribution is 5.41. The van der Waals surface area contributed by atoms with Gasteiger partial charge in [0.15, 0.2) is 0 Å². The van der Waals surface area contributed by atoms with Gasteiger partial charge in [0, 0.05) is 0 Å². The zero-order valence-corrected chi connectivity index (χ0v) is 15.6. The normalized spacial score (nSPS) is 38.2. The van der Waals surface area contributed by atoms with Gasteiger partial charge in [0.25, 0.3) is 0 Å². The van der Waals surface area contributed by atoms with Crippen LogP contribution >= 0.6 is 0 Å². The maximum Gasteiger partial charge on any atom is 0.120 e. The fourth-order valence-electron chi connectivity index (χ4n) is 5.95. The summed E-state index contributed by atoms with van der Waals surface area (Å²) in [7, 11) is 0. The summed E-state index contributed by atoms with van der Waals surface area (Å²) >= 11 is 0. The highest BCUT2D eigenvalue weighted by Gasteiger charge is 2.54. The molecular weight excluding hydrogens is 296 g/mol. The molecule has 5 atom stereocenters. The predicted octanol–water partition coefficient (Wildman–Crippen LogP) is 5.08. The Morgan fingerprint density at radius 2 is 1.92 bits per heavy atom. The predicted molar refractivity (Wildman–Crippen MR) is 97.4 cm³/mol. The molecule has 0 aromatic heterocycles. The third-order valence-corrected chi connectivity index (χ3v) is 7.07. The number of aliphatic hydroxyl groups excluding tert-OH is 1. The van der Waals surface area contributed by atoms with Gasteiger partial charge in [-0.1, -0.05) is 13.0 Å². The number of benzene rings is 1. The second-order valence-electron chi connectivity index (χ2n) is 9.63. The first-order chi connectivity index (χ1) is 11.3. The van der Waals surface area contributed by atoms with Crippen molar-refractivity contribution in [2.45, 2.75) is 83.8 Å². The Balaban J connectivity index is 1.61. The van der Waals surface area contributed by atoms with Crippen molar-refractivity contribution in [3.8, 4) is 5.75 Å². The zero-order valence-electron chi connectivity index (χ0n) is 15.6. The molecule has 132 valence electrons. The topological polar surface area (TPSA) is 29.5 Å². The Hall–Kier alpha value is -1.02. The molecule has 0 unspecified atom stereocenters. The van der Waals surface area contributed by atoms with Crippen LogP contribution in [0.3, 0.4) is 0 Å². The Morgan fingerprint density at radius 3 is 2.67 bits per heavy atom. The van der Waals surface area contributed by atoms with Crippen LogP contribution in [0.1, 0.15) is 76.8 Å². The number of aliphatic hydroxyl groups is 1. The van der Waals surface area contributed by atoms with E-state index < -0.39 is 0 Å². The number of aryl methyl sites for hydroxylation is 1. The summed E-state index contributed by atoms with van der Waals surface area (Å²) < 4.78 is 6.07. The fourth-order valence-corrected chi connectivity index (χ4v) is 5.95. The summed E-state index contributed by atoms with van der Waals surface area (Å²) in [6.45, 7) is 8.67. The first kappa shape index (κ1) is 16.4. The molecule has 0 saturated heterocycles. The van der Waals surface area contributed by atoms with E-state index in [9.17, 15) is 5.11 Å². The van der Waals surface area contributed by atoms with Crippen LogP contribution in [-0.2, 0) is 6.42 Å². The lowest BCUT2D eigenvalue weighted by Crippen LogP contribution is -2.43. The summed E-state index contributed by atoms with van der Waals surface area (Å²) in [5, 5.41) is 10.5. The van der Waals surface area contributed by atoms with Crippen molar-refractivity contribution in [1.82, 2.24) is 0 Å². The van der Waals surface area contributed by atoms with Crippen LogP contribution in [0.2, 0.25) is 0 Å². The number of hydrogen-bond acceptors (Lipinski definition) is 2. The molecule has 2 saturated carbocycles. The summed E-state index contributed by atoms with van der Waals surface area (Å²) in [6.07, 6.45) is 7.02. The fraction of sp³-hybridized carbons (Fsp3) is 0.727. The molecule has 3 aliphatic rings. The molecule has 0 amide bonds. The van der Waals surface area contributed by atoms with E-state index in [0.717, 1.165) is 18.1 Å². The number of ether oxygens (including phenoxy) is 1. The first-order valence-corrected chi connectivity index (χ1v) is 9.78. The summed E-state index contributed by atoms with van der Waals surface area (Å²) in [5.41, 5.74) is 3.10. The van der Waals surface area contributed by atoms with Gasteiger partial charge < -0.3 is 9.84 Å². The molecule has 2 fully saturated rings. The van der Waals surface area contributed by atoms with Crippen molar-refractivity contribution >= 4 is 0 Å².